The lowest BCUT2D eigenvalue weighted by molar-refractivity contribution is -0.0432. The number of aryl methyl sites for hydroxylation is 2. The van der Waals surface area contributed by atoms with Gasteiger partial charge in [-0.25, -0.2) is 0 Å². The molecule has 3 nitrogen and oxygen atoms in total. The summed E-state index contributed by atoms with van der Waals surface area (Å²) in [6.45, 7) is 6.17. The van der Waals surface area contributed by atoms with Crippen molar-refractivity contribution in [1.29, 1.82) is 0 Å². The normalized spacial score (nSPS) is 27.6. The molecule has 1 aliphatic carbocycles. The van der Waals surface area contributed by atoms with E-state index in [2.05, 4.69) is 18.9 Å². The van der Waals surface area contributed by atoms with E-state index in [1.165, 1.54) is 0 Å². The van der Waals surface area contributed by atoms with Crippen molar-refractivity contribution >= 4 is 11.6 Å². The molecule has 4 heteroatoms. The Bertz CT molecular complexity index is 439. The number of aliphatic hydroxyl groups is 1. The highest BCUT2D eigenvalue weighted by Crippen LogP contribution is 2.48. The molecule has 0 bridgehead atoms. The zero-order valence-electron chi connectivity index (χ0n) is 11.0. The lowest BCUT2D eigenvalue weighted by atomic mass is 9.75. The minimum absolute atomic E-state index is 0.0471. The molecule has 1 aliphatic rings. The Labute approximate surface area is 108 Å². The van der Waals surface area contributed by atoms with E-state index in [1.54, 1.807) is 4.68 Å². The van der Waals surface area contributed by atoms with Gasteiger partial charge < -0.3 is 5.11 Å². The Balaban J connectivity index is 2.32. The zero-order valence-corrected chi connectivity index (χ0v) is 11.8. The second kappa shape index (κ2) is 3.99. The molecule has 0 aromatic carbocycles. The van der Waals surface area contributed by atoms with Gasteiger partial charge in [-0.3, -0.25) is 4.68 Å². The summed E-state index contributed by atoms with van der Waals surface area (Å²) in [4.78, 5) is 0. The Morgan fingerprint density at radius 3 is 2.47 bits per heavy atom. The molecule has 1 fully saturated rings. The van der Waals surface area contributed by atoms with Gasteiger partial charge in [0.1, 0.15) is 0 Å². The van der Waals surface area contributed by atoms with Gasteiger partial charge in [-0.05, 0) is 31.6 Å². The number of rotatable bonds is 2. The van der Waals surface area contributed by atoms with Gasteiger partial charge in [0.05, 0.1) is 22.0 Å². The summed E-state index contributed by atoms with van der Waals surface area (Å²) in [6.07, 6.45) is 3.59. The molecular formula is C13H21ClN2O. The van der Waals surface area contributed by atoms with Gasteiger partial charge in [-0.15, -0.1) is 0 Å². The molecule has 1 aromatic rings. The summed E-state index contributed by atoms with van der Waals surface area (Å²) < 4.78 is 1.80. The number of nitrogens with zero attached hydrogens (tertiary/aromatic N) is 2. The summed E-state index contributed by atoms with van der Waals surface area (Å²) in [5, 5.41) is 15.8. The first kappa shape index (κ1) is 12.9. The van der Waals surface area contributed by atoms with Crippen LogP contribution in [0.4, 0.5) is 0 Å². The van der Waals surface area contributed by atoms with Crippen LogP contribution in [0.25, 0.3) is 0 Å². The molecule has 0 radical (unpaired) electrons. The van der Waals surface area contributed by atoms with Gasteiger partial charge in [-0.2, -0.15) is 5.10 Å². The van der Waals surface area contributed by atoms with Gasteiger partial charge in [-0.1, -0.05) is 25.4 Å². The largest absolute Gasteiger partial charge is 0.389 e. The highest BCUT2D eigenvalue weighted by atomic mass is 35.5. The third kappa shape index (κ3) is 2.00. The van der Waals surface area contributed by atoms with Crippen LogP contribution in [0, 0.1) is 12.3 Å². The summed E-state index contributed by atoms with van der Waals surface area (Å²) in [7, 11) is 1.89. The molecule has 1 saturated carbocycles. The van der Waals surface area contributed by atoms with Crippen LogP contribution in [0.3, 0.4) is 0 Å². The Morgan fingerprint density at radius 1 is 1.41 bits per heavy atom. The van der Waals surface area contributed by atoms with E-state index < -0.39 is 5.60 Å². The molecular weight excluding hydrogens is 236 g/mol. The van der Waals surface area contributed by atoms with Gasteiger partial charge in [0.25, 0.3) is 0 Å². The van der Waals surface area contributed by atoms with Crippen LogP contribution in [0.15, 0.2) is 0 Å². The number of hydrogen-bond acceptors (Lipinski definition) is 2. The molecule has 0 saturated heterocycles. The maximum absolute atomic E-state index is 10.8. The fourth-order valence-corrected chi connectivity index (χ4v) is 3.10. The first-order valence-corrected chi connectivity index (χ1v) is 6.55. The van der Waals surface area contributed by atoms with Crippen molar-refractivity contribution in [1.82, 2.24) is 9.78 Å². The number of halogens is 1. The molecule has 1 unspecified atom stereocenters. The molecule has 0 amide bonds. The smallest absolute Gasteiger partial charge is 0.0848 e. The van der Waals surface area contributed by atoms with Gasteiger partial charge >= 0.3 is 0 Å². The average molecular weight is 257 g/mol. The van der Waals surface area contributed by atoms with E-state index in [-0.39, 0.29) is 5.41 Å². The fourth-order valence-electron chi connectivity index (χ4n) is 2.87. The van der Waals surface area contributed by atoms with Crippen molar-refractivity contribution < 1.29 is 5.11 Å². The van der Waals surface area contributed by atoms with E-state index in [1.807, 2.05) is 14.0 Å². The monoisotopic (exact) mass is 256 g/mol. The number of hydrogen-bond donors (Lipinski definition) is 1. The number of aromatic nitrogens is 2. The summed E-state index contributed by atoms with van der Waals surface area (Å²) in [5.41, 5.74) is 1.08. The standard InChI is InChI=1S/C13H21ClN2O/c1-9-11(14)10(16(4)15-9)8-13(17)7-5-6-12(13,2)3/h17H,5-8H2,1-4H3. The minimum Gasteiger partial charge on any atom is -0.389 e. The summed E-state index contributed by atoms with van der Waals surface area (Å²) >= 11 is 6.25. The summed E-state index contributed by atoms with van der Waals surface area (Å²) in [5.74, 6) is 0. The van der Waals surface area contributed by atoms with Crippen LogP contribution in [0.5, 0.6) is 0 Å². The quantitative estimate of drug-likeness (QED) is 0.884. The predicted molar refractivity (Wildman–Crippen MR) is 69.2 cm³/mol. The van der Waals surface area contributed by atoms with Crippen molar-refractivity contribution in [3.63, 3.8) is 0 Å². The van der Waals surface area contributed by atoms with Crippen LogP contribution < -0.4 is 0 Å². The van der Waals surface area contributed by atoms with Crippen LogP contribution in [-0.4, -0.2) is 20.5 Å². The van der Waals surface area contributed by atoms with E-state index in [0.717, 1.165) is 30.7 Å². The SMILES string of the molecule is Cc1nn(C)c(CC2(O)CCCC2(C)C)c1Cl. The zero-order chi connectivity index (χ0) is 12.8. The molecule has 1 heterocycles. The van der Waals surface area contributed by atoms with Gasteiger partial charge in [0.15, 0.2) is 0 Å². The van der Waals surface area contributed by atoms with Crippen molar-refractivity contribution in [3.8, 4) is 0 Å². The van der Waals surface area contributed by atoms with Gasteiger partial charge in [0, 0.05) is 13.5 Å². The fraction of sp³-hybridized carbons (Fsp3) is 0.769. The highest BCUT2D eigenvalue weighted by molar-refractivity contribution is 6.31. The Morgan fingerprint density at radius 2 is 2.06 bits per heavy atom. The molecule has 0 aliphatic heterocycles. The lowest BCUT2D eigenvalue weighted by Crippen LogP contribution is -2.42. The molecule has 2 rings (SSSR count). The molecule has 96 valence electrons. The van der Waals surface area contributed by atoms with Gasteiger partial charge in [0.2, 0.25) is 0 Å². The molecule has 1 atom stereocenters. The lowest BCUT2D eigenvalue weighted by Gasteiger charge is -2.37. The maximum atomic E-state index is 10.8. The van der Waals surface area contributed by atoms with Crippen LogP contribution in [0.2, 0.25) is 5.02 Å². The van der Waals surface area contributed by atoms with E-state index >= 15 is 0 Å². The predicted octanol–water partition coefficient (Wildman–Crippen LogP) is 2.87. The topological polar surface area (TPSA) is 38.0 Å². The van der Waals surface area contributed by atoms with Crippen LogP contribution >= 0.6 is 11.6 Å². The average Bonchev–Trinajstić information content (AvgIpc) is 2.60. The van der Waals surface area contributed by atoms with Crippen molar-refractivity contribution in [3.05, 3.63) is 16.4 Å². The maximum Gasteiger partial charge on any atom is 0.0848 e. The van der Waals surface area contributed by atoms with Crippen molar-refractivity contribution in [2.75, 3.05) is 0 Å². The van der Waals surface area contributed by atoms with Crippen LogP contribution in [0.1, 0.15) is 44.5 Å². The van der Waals surface area contributed by atoms with Crippen molar-refractivity contribution in [2.45, 2.75) is 52.1 Å². The molecule has 1 N–H and O–H groups in total. The second-order valence-corrected chi connectivity index (χ2v) is 6.29. The third-order valence-electron chi connectivity index (χ3n) is 4.37. The van der Waals surface area contributed by atoms with E-state index in [0.29, 0.717) is 11.4 Å². The molecule has 0 spiro atoms. The van der Waals surface area contributed by atoms with Crippen molar-refractivity contribution in [2.24, 2.45) is 12.5 Å². The second-order valence-electron chi connectivity index (χ2n) is 5.92. The third-order valence-corrected chi connectivity index (χ3v) is 4.87. The van der Waals surface area contributed by atoms with Crippen LogP contribution in [-0.2, 0) is 13.5 Å². The first-order valence-electron chi connectivity index (χ1n) is 6.17. The highest BCUT2D eigenvalue weighted by Gasteiger charge is 2.48. The molecule has 1 aromatic heterocycles. The molecule has 17 heavy (non-hydrogen) atoms. The summed E-state index contributed by atoms with van der Waals surface area (Å²) in [6, 6.07) is 0. The Kier molecular flexibility index (Phi) is 3.03. The Hall–Kier alpha value is -0.540. The van der Waals surface area contributed by atoms with E-state index in [9.17, 15) is 5.11 Å². The minimum atomic E-state index is -0.656. The first-order chi connectivity index (χ1) is 7.77. The van der Waals surface area contributed by atoms with E-state index in [4.69, 9.17) is 11.6 Å².